The van der Waals surface area contributed by atoms with Gasteiger partial charge in [-0.1, -0.05) is 12.1 Å². The van der Waals surface area contributed by atoms with E-state index in [0.29, 0.717) is 41.7 Å². The van der Waals surface area contributed by atoms with Crippen molar-refractivity contribution >= 4 is 22.4 Å². The van der Waals surface area contributed by atoms with Gasteiger partial charge in [-0.25, -0.2) is 9.24 Å². The summed E-state index contributed by atoms with van der Waals surface area (Å²) in [6.07, 6.45) is 1.90. The number of nitrogens with zero attached hydrogens (tertiary/aromatic N) is 4. The van der Waals surface area contributed by atoms with Crippen LogP contribution in [0.5, 0.6) is 5.75 Å². The predicted molar refractivity (Wildman–Crippen MR) is 145 cm³/mol. The van der Waals surface area contributed by atoms with Crippen LogP contribution in [0.3, 0.4) is 0 Å². The molecule has 0 radical (unpaired) electrons. The average molecular weight is 497 g/mol. The first-order chi connectivity index (χ1) is 18.0. The predicted octanol–water partition coefficient (Wildman–Crippen LogP) is 5.13. The Morgan fingerprint density at radius 3 is 2.89 bits per heavy atom. The van der Waals surface area contributed by atoms with Crippen molar-refractivity contribution in [1.29, 1.82) is 0 Å². The summed E-state index contributed by atoms with van der Waals surface area (Å²) in [6.45, 7) is 13.8. The van der Waals surface area contributed by atoms with E-state index in [1.54, 1.807) is 6.07 Å². The number of aromatic nitrogens is 2. The zero-order valence-electron chi connectivity index (χ0n) is 21.2. The molecular weight excluding hydrogens is 467 g/mol. The third-order valence-corrected chi connectivity index (χ3v) is 7.41. The van der Waals surface area contributed by atoms with E-state index in [2.05, 4.69) is 50.2 Å². The van der Waals surface area contributed by atoms with Crippen LogP contribution in [0.25, 0.3) is 38.3 Å². The van der Waals surface area contributed by atoms with E-state index in [-0.39, 0.29) is 5.82 Å². The molecule has 0 saturated carbocycles. The zero-order chi connectivity index (χ0) is 25.7. The minimum Gasteiger partial charge on any atom is -0.489 e. The molecule has 4 heterocycles. The Bertz CT molecular complexity index is 1530. The minimum absolute atomic E-state index is 0.319. The van der Waals surface area contributed by atoms with Gasteiger partial charge < -0.3 is 24.8 Å². The number of aromatic amines is 1. The number of hydrogen-bond acceptors (Lipinski definition) is 5. The number of halogens is 1. The van der Waals surface area contributed by atoms with E-state index in [1.807, 2.05) is 26.2 Å². The van der Waals surface area contributed by atoms with Gasteiger partial charge in [0.15, 0.2) is 0 Å². The molecule has 0 bridgehead atoms. The van der Waals surface area contributed by atoms with Crippen molar-refractivity contribution in [3.8, 4) is 28.1 Å². The van der Waals surface area contributed by atoms with Crippen LogP contribution in [-0.2, 0) is 6.54 Å². The van der Waals surface area contributed by atoms with Crippen molar-refractivity contribution < 1.29 is 9.13 Å². The standard InChI is InChI=1S/C29H29FN6O/c1-17-9-18(13-31-2)10-22(30)27(17)29-23(32-3)12-24-28(34-29)21(14-33-24)19-5-6-25-26(11-19)37-16-20-15-35(4)7-8-36(20)25/h5-6,9-12,14,20,31,33H,7-8,13,15-16H2,1-2,4H3. The second-order valence-corrected chi connectivity index (χ2v) is 9.97. The SMILES string of the molecule is [C-]#[N+]c1cc2[nH]cc(-c3ccc4c(c3)OCC3CN(C)CCN43)c2nc1-c1c(C)cc(CNC)cc1F. The summed E-state index contributed by atoms with van der Waals surface area (Å²) in [7, 11) is 3.98. The van der Waals surface area contributed by atoms with Crippen molar-refractivity contribution in [2.24, 2.45) is 0 Å². The molecule has 0 aliphatic carbocycles. The monoisotopic (exact) mass is 496 g/mol. The Balaban J connectivity index is 1.44. The van der Waals surface area contributed by atoms with Gasteiger partial charge in [0.05, 0.1) is 35.0 Å². The fourth-order valence-corrected chi connectivity index (χ4v) is 5.64. The van der Waals surface area contributed by atoms with E-state index in [0.717, 1.165) is 58.8 Å². The lowest BCUT2D eigenvalue weighted by Gasteiger charge is -2.44. The van der Waals surface area contributed by atoms with Gasteiger partial charge in [0.25, 0.3) is 0 Å². The average Bonchev–Trinajstić information content (AvgIpc) is 3.30. The smallest absolute Gasteiger partial charge is 0.215 e. The molecule has 2 aliphatic heterocycles. The van der Waals surface area contributed by atoms with Crippen LogP contribution in [0, 0.1) is 19.3 Å². The molecule has 7 nitrogen and oxygen atoms in total. The lowest BCUT2D eigenvalue weighted by atomic mass is 9.99. The third kappa shape index (κ3) is 4.01. The van der Waals surface area contributed by atoms with Gasteiger partial charge in [0, 0.05) is 43.5 Å². The van der Waals surface area contributed by atoms with Gasteiger partial charge in [-0.3, -0.25) is 4.98 Å². The molecule has 6 rings (SSSR count). The first-order valence-corrected chi connectivity index (χ1v) is 12.5. The number of rotatable bonds is 4. The number of ether oxygens (including phenoxy) is 1. The van der Waals surface area contributed by atoms with Crippen LogP contribution in [-0.4, -0.2) is 61.2 Å². The maximum Gasteiger partial charge on any atom is 0.215 e. The quantitative estimate of drug-likeness (QED) is 0.384. The highest BCUT2D eigenvalue weighted by Gasteiger charge is 2.32. The molecule has 2 aliphatic rings. The summed E-state index contributed by atoms with van der Waals surface area (Å²) >= 11 is 0. The molecule has 4 aromatic rings. The molecular formula is C29H29FN6O. The molecule has 188 valence electrons. The number of H-pyrrole nitrogens is 1. The number of piperazine rings is 1. The van der Waals surface area contributed by atoms with Crippen molar-refractivity contribution in [2.75, 3.05) is 45.2 Å². The van der Waals surface area contributed by atoms with Gasteiger partial charge in [-0.15, -0.1) is 0 Å². The Hall–Kier alpha value is -3.93. The van der Waals surface area contributed by atoms with Crippen molar-refractivity contribution in [2.45, 2.75) is 19.5 Å². The summed E-state index contributed by atoms with van der Waals surface area (Å²) in [5.74, 6) is 0.496. The largest absolute Gasteiger partial charge is 0.489 e. The molecule has 2 aromatic carbocycles. The van der Waals surface area contributed by atoms with Crippen LogP contribution in [0.2, 0.25) is 0 Å². The normalized spacial score (nSPS) is 17.3. The Morgan fingerprint density at radius 2 is 2.11 bits per heavy atom. The highest BCUT2D eigenvalue weighted by molar-refractivity contribution is 5.98. The molecule has 2 aromatic heterocycles. The van der Waals surface area contributed by atoms with E-state index < -0.39 is 0 Å². The van der Waals surface area contributed by atoms with Crippen molar-refractivity contribution in [1.82, 2.24) is 20.2 Å². The van der Waals surface area contributed by atoms with Gasteiger partial charge >= 0.3 is 0 Å². The molecule has 0 amide bonds. The Labute approximate surface area is 215 Å². The zero-order valence-corrected chi connectivity index (χ0v) is 21.2. The molecule has 8 heteroatoms. The second-order valence-electron chi connectivity index (χ2n) is 9.97. The number of likely N-dealkylation sites (N-methyl/N-ethyl adjacent to an activating group) is 1. The number of anilines is 1. The number of fused-ring (bicyclic) bond motifs is 4. The summed E-state index contributed by atoms with van der Waals surface area (Å²) in [5, 5.41) is 3.06. The van der Waals surface area contributed by atoms with Gasteiger partial charge in [-0.05, 0) is 62.0 Å². The van der Waals surface area contributed by atoms with Crippen LogP contribution < -0.4 is 15.0 Å². The summed E-state index contributed by atoms with van der Waals surface area (Å²) in [4.78, 5) is 16.6. The van der Waals surface area contributed by atoms with E-state index >= 15 is 4.39 Å². The maximum atomic E-state index is 15.3. The lowest BCUT2D eigenvalue weighted by molar-refractivity contribution is 0.188. The molecule has 2 N–H and O–H groups in total. The highest BCUT2D eigenvalue weighted by atomic mass is 19.1. The second kappa shape index (κ2) is 9.18. The van der Waals surface area contributed by atoms with Gasteiger partial charge in [-0.2, -0.15) is 0 Å². The summed E-state index contributed by atoms with van der Waals surface area (Å²) < 4.78 is 21.5. The van der Waals surface area contributed by atoms with Crippen molar-refractivity contribution in [3.05, 3.63) is 71.0 Å². The third-order valence-electron chi connectivity index (χ3n) is 7.41. The van der Waals surface area contributed by atoms with Crippen LogP contribution >= 0.6 is 0 Å². The first-order valence-electron chi connectivity index (χ1n) is 12.5. The number of nitrogens with one attached hydrogen (secondary N) is 2. The number of aryl methyl sites for hydroxylation is 1. The Morgan fingerprint density at radius 1 is 1.24 bits per heavy atom. The summed E-state index contributed by atoms with van der Waals surface area (Å²) in [6, 6.07) is 11.9. The van der Waals surface area contributed by atoms with E-state index in [4.69, 9.17) is 16.3 Å². The summed E-state index contributed by atoms with van der Waals surface area (Å²) in [5.41, 5.74) is 7.08. The van der Waals surface area contributed by atoms with Crippen LogP contribution in [0.4, 0.5) is 15.8 Å². The van der Waals surface area contributed by atoms with Crippen LogP contribution in [0.1, 0.15) is 11.1 Å². The molecule has 1 atom stereocenters. The topological polar surface area (TPSA) is 60.8 Å². The van der Waals surface area contributed by atoms with E-state index in [1.165, 1.54) is 6.07 Å². The Kier molecular flexibility index (Phi) is 5.82. The fourth-order valence-electron chi connectivity index (χ4n) is 5.64. The van der Waals surface area contributed by atoms with E-state index in [9.17, 15) is 0 Å². The fraction of sp³-hybridized carbons (Fsp3) is 0.310. The first kappa shape index (κ1) is 23.5. The maximum absolute atomic E-state index is 15.3. The number of benzene rings is 2. The lowest BCUT2D eigenvalue weighted by Crippen LogP contribution is -2.56. The molecule has 0 spiro atoms. The van der Waals surface area contributed by atoms with Gasteiger partial charge in [0.2, 0.25) is 5.69 Å². The van der Waals surface area contributed by atoms with Gasteiger partial charge in [0.1, 0.15) is 18.2 Å². The minimum atomic E-state index is -0.372. The van der Waals surface area contributed by atoms with Crippen LogP contribution in [0.15, 0.2) is 42.6 Å². The number of pyridine rings is 1. The molecule has 1 fully saturated rings. The molecule has 1 saturated heterocycles. The molecule has 37 heavy (non-hydrogen) atoms. The molecule has 1 unspecified atom stereocenters. The van der Waals surface area contributed by atoms with Crippen molar-refractivity contribution in [3.63, 3.8) is 0 Å². The number of hydrogen-bond donors (Lipinski definition) is 2. The highest BCUT2D eigenvalue weighted by Crippen LogP contribution is 2.41.